The highest BCUT2D eigenvalue weighted by atomic mass is 19.1. The standard InChI is InChI=1S/C20H21FN2O2/c1-20(25,12-5-13-24)19-14-18(15-8-10-16(21)11-9-15)23(22-19)17-6-3-2-4-7-17/h2-4,6-11,14,24-25H,5,12-13H2,1H3. The van der Waals surface area contributed by atoms with Crippen molar-refractivity contribution in [3.63, 3.8) is 0 Å². The Hall–Kier alpha value is -2.50. The molecule has 0 spiro atoms. The summed E-state index contributed by atoms with van der Waals surface area (Å²) in [5.74, 6) is -0.301. The van der Waals surface area contributed by atoms with E-state index in [1.54, 1.807) is 23.7 Å². The molecule has 4 nitrogen and oxygen atoms in total. The summed E-state index contributed by atoms with van der Waals surface area (Å²) in [4.78, 5) is 0. The van der Waals surface area contributed by atoms with Crippen LogP contribution in [0.25, 0.3) is 16.9 Å². The van der Waals surface area contributed by atoms with E-state index in [1.165, 1.54) is 12.1 Å². The normalized spacial score (nSPS) is 13.6. The lowest BCUT2D eigenvalue weighted by Crippen LogP contribution is -2.22. The number of benzene rings is 2. The zero-order valence-electron chi connectivity index (χ0n) is 14.1. The summed E-state index contributed by atoms with van der Waals surface area (Å²) in [5, 5.41) is 24.4. The van der Waals surface area contributed by atoms with Gasteiger partial charge in [-0.1, -0.05) is 18.2 Å². The molecule has 1 unspecified atom stereocenters. The van der Waals surface area contributed by atoms with Crippen LogP contribution in [0.2, 0.25) is 0 Å². The number of halogens is 1. The molecule has 1 heterocycles. The van der Waals surface area contributed by atoms with E-state index in [0.717, 1.165) is 16.9 Å². The van der Waals surface area contributed by atoms with E-state index in [-0.39, 0.29) is 12.4 Å². The number of nitrogens with zero attached hydrogens (tertiary/aromatic N) is 2. The molecule has 1 aromatic heterocycles. The Bertz CT molecular complexity index is 827. The van der Waals surface area contributed by atoms with Gasteiger partial charge < -0.3 is 10.2 Å². The van der Waals surface area contributed by atoms with Crippen LogP contribution in [0.4, 0.5) is 4.39 Å². The number of hydrogen-bond donors (Lipinski definition) is 2. The fraction of sp³-hybridized carbons (Fsp3) is 0.250. The van der Waals surface area contributed by atoms with Crippen LogP contribution in [0, 0.1) is 5.82 Å². The van der Waals surface area contributed by atoms with E-state index in [2.05, 4.69) is 5.10 Å². The van der Waals surface area contributed by atoms with Crippen molar-refractivity contribution in [1.82, 2.24) is 9.78 Å². The lowest BCUT2D eigenvalue weighted by Gasteiger charge is -2.20. The van der Waals surface area contributed by atoms with E-state index in [0.29, 0.717) is 18.5 Å². The Morgan fingerprint density at radius 2 is 1.76 bits per heavy atom. The largest absolute Gasteiger partial charge is 0.396 e. The van der Waals surface area contributed by atoms with Crippen LogP contribution in [0.1, 0.15) is 25.5 Å². The average Bonchev–Trinajstić information content (AvgIpc) is 3.08. The summed E-state index contributed by atoms with van der Waals surface area (Å²) in [6, 6.07) is 17.6. The van der Waals surface area contributed by atoms with Gasteiger partial charge >= 0.3 is 0 Å². The maximum Gasteiger partial charge on any atom is 0.123 e. The predicted octanol–water partition coefficient (Wildman–Crippen LogP) is 3.66. The zero-order chi connectivity index (χ0) is 17.9. The van der Waals surface area contributed by atoms with Crippen LogP contribution in [0.3, 0.4) is 0 Å². The number of rotatable bonds is 6. The molecule has 1 atom stereocenters. The number of para-hydroxylation sites is 1. The van der Waals surface area contributed by atoms with Crippen molar-refractivity contribution >= 4 is 0 Å². The lowest BCUT2D eigenvalue weighted by atomic mass is 9.96. The first-order valence-corrected chi connectivity index (χ1v) is 8.26. The van der Waals surface area contributed by atoms with Gasteiger partial charge in [-0.25, -0.2) is 9.07 Å². The summed E-state index contributed by atoms with van der Waals surface area (Å²) < 4.78 is 15.0. The fourth-order valence-corrected chi connectivity index (χ4v) is 2.79. The molecule has 0 aliphatic rings. The van der Waals surface area contributed by atoms with Crippen molar-refractivity contribution in [1.29, 1.82) is 0 Å². The minimum Gasteiger partial charge on any atom is -0.396 e. The van der Waals surface area contributed by atoms with Gasteiger partial charge in [0.2, 0.25) is 0 Å². The second kappa shape index (κ2) is 7.17. The minimum absolute atomic E-state index is 0.0142. The molecule has 130 valence electrons. The minimum atomic E-state index is -1.16. The highest BCUT2D eigenvalue weighted by Gasteiger charge is 2.27. The quantitative estimate of drug-likeness (QED) is 0.720. The summed E-state index contributed by atoms with van der Waals surface area (Å²) >= 11 is 0. The molecule has 2 aromatic carbocycles. The van der Waals surface area contributed by atoms with E-state index < -0.39 is 5.60 Å². The third-order valence-corrected chi connectivity index (χ3v) is 4.22. The molecular formula is C20H21FN2O2. The molecule has 0 radical (unpaired) electrons. The van der Waals surface area contributed by atoms with E-state index >= 15 is 0 Å². The van der Waals surface area contributed by atoms with Gasteiger partial charge in [-0.3, -0.25) is 0 Å². The Kier molecular flexibility index (Phi) is 4.97. The molecule has 5 heteroatoms. The monoisotopic (exact) mass is 340 g/mol. The number of aromatic nitrogens is 2. The molecule has 0 aliphatic heterocycles. The average molecular weight is 340 g/mol. The van der Waals surface area contributed by atoms with E-state index in [4.69, 9.17) is 5.11 Å². The van der Waals surface area contributed by atoms with Crippen LogP contribution >= 0.6 is 0 Å². The molecule has 0 bridgehead atoms. The Labute approximate surface area is 146 Å². The molecule has 0 aliphatic carbocycles. The van der Waals surface area contributed by atoms with Gasteiger partial charge in [-0.05, 0) is 62.2 Å². The van der Waals surface area contributed by atoms with Crippen LogP contribution < -0.4 is 0 Å². The highest BCUT2D eigenvalue weighted by Crippen LogP contribution is 2.31. The van der Waals surface area contributed by atoms with Crippen LogP contribution in [0.5, 0.6) is 0 Å². The molecule has 0 saturated carbocycles. The molecular weight excluding hydrogens is 319 g/mol. The van der Waals surface area contributed by atoms with Crippen molar-refractivity contribution < 1.29 is 14.6 Å². The molecule has 2 N–H and O–H groups in total. The van der Waals surface area contributed by atoms with Gasteiger partial charge in [0.25, 0.3) is 0 Å². The Balaban J connectivity index is 2.10. The number of aliphatic hydroxyl groups is 2. The predicted molar refractivity (Wildman–Crippen MR) is 94.8 cm³/mol. The first kappa shape index (κ1) is 17.3. The Morgan fingerprint density at radius 1 is 1.08 bits per heavy atom. The van der Waals surface area contributed by atoms with Crippen LogP contribution in [0.15, 0.2) is 60.7 Å². The maximum atomic E-state index is 13.3. The third kappa shape index (κ3) is 3.78. The van der Waals surface area contributed by atoms with Crippen molar-refractivity contribution in [2.75, 3.05) is 6.61 Å². The fourth-order valence-electron chi connectivity index (χ4n) is 2.79. The van der Waals surface area contributed by atoms with Crippen molar-refractivity contribution in [3.05, 3.63) is 72.2 Å². The Morgan fingerprint density at radius 3 is 2.40 bits per heavy atom. The number of hydrogen-bond acceptors (Lipinski definition) is 3. The highest BCUT2D eigenvalue weighted by molar-refractivity contribution is 5.63. The van der Waals surface area contributed by atoms with Gasteiger partial charge in [0, 0.05) is 12.2 Å². The van der Waals surface area contributed by atoms with Crippen LogP contribution in [-0.4, -0.2) is 26.6 Å². The smallest absolute Gasteiger partial charge is 0.123 e. The second-order valence-electron chi connectivity index (χ2n) is 6.27. The van der Waals surface area contributed by atoms with Gasteiger partial charge in [-0.15, -0.1) is 0 Å². The first-order chi connectivity index (χ1) is 12.0. The van der Waals surface area contributed by atoms with Crippen molar-refractivity contribution in [2.45, 2.75) is 25.4 Å². The topological polar surface area (TPSA) is 58.3 Å². The van der Waals surface area contributed by atoms with Gasteiger partial charge in [-0.2, -0.15) is 5.10 Å². The van der Waals surface area contributed by atoms with Gasteiger partial charge in [0.1, 0.15) is 11.4 Å². The molecule has 0 fully saturated rings. The summed E-state index contributed by atoms with van der Waals surface area (Å²) in [6.07, 6.45) is 0.884. The SMILES string of the molecule is CC(O)(CCCO)c1cc(-c2ccc(F)cc2)n(-c2ccccc2)n1. The molecule has 3 rings (SSSR count). The van der Waals surface area contributed by atoms with E-state index in [9.17, 15) is 9.50 Å². The first-order valence-electron chi connectivity index (χ1n) is 8.26. The van der Waals surface area contributed by atoms with E-state index in [1.807, 2.05) is 36.4 Å². The maximum absolute atomic E-state index is 13.3. The molecule has 25 heavy (non-hydrogen) atoms. The summed E-state index contributed by atoms with van der Waals surface area (Å²) in [5.41, 5.74) is 1.79. The van der Waals surface area contributed by atoms with Gasteiger partial charge in [0.05, 0.1) is 17.1 Å². The summed E-state index contributed by atoms with van der Waals surface area (Å²) in [6.45, 7) is 1.70. The van der Waals surface area contributed by atoms with Crippen molar-refractivity contribution in [3.8, 4) is 16.9 Å². The second-order valence-corrected chi connectivity index (χ2v) is 6.27. The summed E-state index contributed by atoms with van der Waals surface area (Å²) in [7, 11) is 0. The zero-order valence-corrected chi connectivity index (χ0v) is 14.1. The van der Waals surface area contributed by atoms with Crippen molar-refractivity contribution in [2.24, 2.45) is 0 Å². The number of aliphatic hydroxyl groups excluding tert-OH is 1. The molecule has 0 saturated heterocycles. The molecule has 0 amide bonds. The van der Waals surface area contributed by atoms with Gasteiger partial charge in [0.15, 0.2) is 0 Å². The third-order valence-electron chi connectivity index (χ3n) is 4.22. The lowest BCUT2D eigenvalue weighted by molar-refractivity contribution is 0.0357. The van der Waals surface area contributed by atoms with Crippen LogP contribution in [-0.2, 0) is 5.60 Å². The molecule has 3 aromatic rings.